The van der Waals surface area contributed by atoms with Crippen LogP contribution in [0.5, 0.6) is 0 Å². The molecule has 2 atom stereocenters. The van der Waals surface area contributed by atoms with Gasteiger partial charge in [0.2, 0.25) is 5.89 Å². The molecule has 2 N–H and O–H groups in total. The summed E-state index contributed by atoms with van der Waals surface area (Å²) in [6, 6.07) is -2.09. The van der Waals surface area contributed by atoms with Crippen molar-refractivity contribution in [3.05, 3.63) is 11.7 Å². The molecule has 3 aliphatic rings. The smallest absolute Gasteiger partial charge is 1.00 e. The third-order valence-electron chi connectivity index (χ3n) is 4.46. The molecule has 0 aromatic carbocycles. The second-order valence-corrected chi connectivity index (χ2v) is 7.37. The second-order valence-electron chi connectivity index (χ2n) is 6.09. The molecule has 3 fully saturated rings. The molecule has 1 saturated carbocycles. The Kier molecular flexibility index (Phi) is 4.83. The predicted molar refractivity (Wildman–Crippen MR) is 76.9 cm³/mol. The standard InChI is InChI=1S/C12H15N5O6S.Na.H/c18-11-9-7(17(11)24(20,21)22)3-4-16(9)12(19)13-5-8-14-10(15-23-8)6-1-2-6;;/h6-7,9H,1-5H2,(H,13,19)(H,20,21,22);;/q;+1;-1/t7-,9+;;/m1../s1. The summed E-state index contributed by atoms with van der Waals surface area (Å²) in [7, 11) is -4.58. The number of rotatable bonds is 4. The summed E-state index contributed by atoms with van der Waals surface area (Å²) in [5.74, 6) is 0.458. The van der Waals surface area contributed by atoms with Crippen LogP contribution < -0.4 is 34.9 Å². The maximum Gasteiger partial charge on any atom is 1.00 e. The summed E-state index contributed by atoms with van der Waals surface area (Å²) in [5, 5.41) is 6.42. The largest absolute Gasteiger partial charge is 1.00 e. The summed E-state index contributed by atoms with van der Waals surface area (Å²) in [6.45, 7) is 0.249. The van der Waals surface area contributed by atoms with Gasteiger partial charge in [-0.1, -0.05) is 5.16 Å². The van der Waals surface area contributed by atoms with Crippen molar-refractivity contribution in [1.29, 1.82) is 0 Å². The van der Waals surface area contributed by atoms with Crippen molar-refractivity contribution in [2.45, 2.75) is 43.8 Å². The van der Waals surface area contributed by atoms with Crippen LogP contribution in [0.2, 0.25) is 0 Å². The molecule has 2 aliphatic heterocycles. The van der Waals surface area contributed by atoms with Gasteiger partial charge in [-0.25, -0.2) is 9.10 Å². The van der Waals surface area contributed by atoms with Crippen LogP contribution in [0, 0.1) is 0 Å². The molecule has 0 radical (unpaired) electrons. The van der Waals surface area contributed by atoms with Gasteiger partial charge in [0.25, 0.3) is 5.91 Å². The first-order valence-electron chi connectivity index (χ1n) is 7.54. The van der Waals surface area contributed by atoms with Gasteiger partial charge in [-0.2, -0.15) is 13.4 Å². The van der Waals surface area contributed by atoms with E-state index in [-0.39, 0.29) is 56.4 Å². The van der Waals surface area contributed by atoms with Crippen molar-refractivity contribution in [3.63, 3.8) is 0 Å². The molecule has 4 rings (SSSR count). The first-order valence-corrected chi connectivity index (χ1v) is 8.93. The fraction of sp³-hybridized carbons (Fsp3) is 0.667. The summed E-state index contributed by atoms with van der Waals surface area (Å²) >= 11 is 0. The molecule has 1 aliphatic carbocycles. The molecule has 1 aromatic rings. The Bertz CT molecular complexity index is 815. The van der Waals surface area contributed by atoms with Crippen LogP contribution >= 0.6 is 0 Å². The van der Waals surface area contributed by atoms with Gasteiger partial charge in [0.05, 0.1) is 12.6 Å². The van der Waals surface area contributed by atoms with Crippen molar-refractivity contribution < 1.29 is 58.1 Å². The number of β-lactam (4-membered cyclic amide) rings is 1. The molecule has 2 saturated heterocycles. The Morgan fingerprint density at radius 1 is 1.40 bits per heavy atom. The van der Waals surface area contributed by atoms with E-state index in [0.717, 1.165) is 12.8 Å². The van der Waals surface area contributed by atoms with Crippen LogP contribution in [-0.4, -0.2) is 62.9 Å². The fourth-order valence-electron chi connectivity index (χ4n) is 3.14. The summed E-state index contributed by atoms with van der Waals surface area (Å²) in [6.07, 6.45) is 2.36. The molecule has 25 heavy (non-hydrogen) atoms. The van der Waals surface area contributed by atoms with Crippen LogP contribution in [0.3, 0.4) is 0 Å². The fourth-order valence-corrected chi connectivity index (χ4v) is 4.04. The zero-order valence-corrected chi connectivity index (χ0v) is 16.3. The van der Waals surface area contributed by atoms with Crippen LogP contribution in [0.15, 0.2) is 4.52 Å². The van der Waals surface area contributed by atoms with Crippen molar-refractivity contribution >= 4 is 22.2 Å². The molecule has 3 amide bonds. The topological polar surface area (TPSA) is 146 Å². The quantitative estimate of drug-likeness (QED) is 0.309. The number of carbonyl (C=O) groups excluding carboxylic acids is 2. The van der Waals surface area contributed by atoms with E-state index in [1.54, 1.807) is 0 Å². The van der Waals surface area contributed by atoms with Crippen LogP contribution in [-0.2, 0) is 21.6 Å². The molecular formula is C12H16N5NaO6S. The van der Waals surface area contributed by atoms with E-state index in [2.05, 4.69) is 15.5 Å². The maximum atomic E-state index is 12.2. The number of likely N-dealkylation sites (tertiary alicyclic amines) is 1. The number of carbonyl (C=O) groups is 2. The third kappa shape index (κ3) is 3.28. The summed E-state index contributed by atoms with van der Waals surface area (Å²) < 4.78 is 36.7. The minimum absolute atomic E-state index is 0. The van der Waals surface area contributed by atoms with E-state index in [9.17, 15) is 18.0 Å². The second kappa shape index (κ2) is 6.50. The van der Waals surface area contributed by atoms with E-state index in [1.807, 2.05) is 0 Å². The molecule has 3 heterocycles. The van der Waals surface area contributed by atoms with Gasteiger partial charge >= 0.3 is 45.9 Å². The van der Waals surface area contributed by atoms with Gasteiger partial charge in [0.1, 0.15) is 6.04 Å². The van der Waals surface area contributed by atoms with Crippen molar-refractivity contribution in [2.75, 3.05) is 6.54 Å². The molecular weight excluding hydrogens is 365 g/mol. The molecule has 13 heteroatoms. The van der Waals surface area contributed by atoms with Gasteiger partial charge in [0.15, 0.2) is 5.82 Å². The summed E-state index contributed by atoms with van der Waals surface area (Å²) in [4.78, 5) is 29.5. The number of nitrogens with one attached hydrogen (secondary N) is 1. The molecule has 11 nitrogen and oxygen atoms in total. The molecule has 0 spiro atoms. The first kappa shape index (κ1) is 18.6. The third-order valence-corrected chi connectivity index (χ3v) is 5.41. The Hall–Kier alpha value is -1.21. The monoisotopic (exact) mass is 381 g/mol. The van der Waals surface area contributed by atoms with E-state index >= 15 is 0 Å². The normalized spacial score (nSPS) is 25.2. The predicted octanol–water partition coefficient (Wildman–Crippen LogP) is -3.64. The van der Waals surface area contributed by atoms with E-state index in [0.29, 0.717) is 16.0 Å². The van der Waals surface area contributed by atoms with E-state index in [1.165, 1.54) is 4.90 Å². The van der Waals surface area contributed by atoms with Gasteiger partial charge in [-0.15, -0.1) is 0 Å². The van der Waals surface area contributed by atoms with Crippen molar-refractivity contribution in [3.8, 4) is 0 Å². The SMILES string of the molecule is O=C(NCc1nc(C2CC2)no1)N1CC[C@@H]2[C@H]1C(=O)N2S(=O)(=O)O.[H-].[Na+]. The zero-order chi connectivity index (χ0) is 17.1. The average molecular weight is 381 g/mol. The first-order chi connectivity index (χ1) is 11.4. The van der Waals surface area contributed by atoms with Gasteiger partial charge in [0, 0.05) is 12.5 Å². The number of aromatic nitrogens is 2. The number of nitrogens with zero attached hydrogens (tertiary/aromatic N) is 4. The Labute approximate surface area is 166 Å². The maximum absolute atomic E-state index is 12.2. The average Bonchev–Trinajstić information content (AvgIpc) is 3.12. The Morgan fingerprint density at radius 2 is 2.12 bits per heavy atom. The van der Waals surface area contributed by atoms with Gasteiger partial charge < -0.3 is 16.2 Å². The molecule has 0 bridgehead atoms. The van der Waals surface area contributed by atoms with Crippen molar-refractivity contribution in [1.82, 2.24) is 24.7 Å². The van der Waals surface area contributed by atoms with Crippen molar-refractivity contribution in [2.24, 2.45) is 0 Å². The van der Waals surface area contributed by atoms with Crippen LogP contribution in [0.1, 0.15) is 38.3 Å². The van der Waals surface area contributed by atoms with Crippen LogP contribution in [0.25, 0.3) is 0 Å². The summed E-state index contributed by atoms with van der Waals surface area (Å²) in [5.41, 5.74) is 0. The zero-order valence-electron chi connectivity index (χ0n) is 14.5. The number of hydrogen-bond acceptors (Lipinski definition) is 7. The molecule has 0 unspecified atom stereocenters. The minimum Gasteiger partial charge on any atom is -1.00 e. The van der Waals surface area contributed by atoms with Gasteiger partial charge in [-0.05, 0) is 19.3 Å². The van der Waals surface area contributed by atoms with Gasteiger partial charge in [-0.3, -0.25) is 9.35 Å². The van der Waals surface area contributed by atoms with E-state index < -0.39 is 34.3 Å². The number of fused-ring (bicyclic) bond motifs is 1. The minimum atomic E-state index is -4.58. The Morgan fingerprint density at radius 3 is 2.76 bits per heavy atom. The number of urea groups is 1. The molecule has 132 valence electrons. The van der Waals surface area contributed by atoms with E-state index in [4.69, 9.17) is 9.08 Å². The molecule has 1 aromatic heterocycles. The number of hydrogen-bond donors (Lipinski definition) is 2. The Balaban J connectivity index is 0.00000121. The number of amides is 3. The van der Waals surface area contributed by atoms with Crippen LogP contribution in [0.4, 0.5) is 4.79 Å².